The first-order chi connectivity index (χ1) is 8.95. The van der Waals surface area contributed by atoms with Crippen LogP contribution in [0.2, 0.25) is 0 Å². The van der Waals surface area contributed by atoms with Gasteiger partial charge in [-0.1, -0.05) is 26.8 Å². The zero-order valence-corrected chi connectivity index (χ0v) is 12.0. The Hall–Kier alpha value is -1.42. The predicted octanol–water partition coefficient (Wildman–Crippen LogP) is 2.99. The van der Waals surface area contributed by atoms with Crippen molar-refractivity contribution in [2.75, 3.05) is 13.7 Å². The number of ether oxygens (including phenoxy) is 1. The molecule has 0 fully saturated rings. The first kappa shape index (κ1) is 15.6. The van der Waals surface area contributed by atoms with Crippen LogP contribution in [0.5, 0.6) is 0 Å². The van der Waals surface area contributed by atoms with Gasteiger partial charge in [-0.15, -0.1) is 0 Å². The second-order valence-electron chi connectivity index (χ2n) is 5.16. The molecule has 0 heterocycles. The third kappa shape index (κ3) is 4.63. The fourth-order valence-corrected chi connectivity index (χ4v) is 1.62. The minimum atomic E-state index is -0.648. The van der Waals surface area contributed by atoms with Gasteiger partial charge in [0, 0.05) is 6.54 Å². The molecule has 19 heavy (non-hydrogen) atoms. The normalized spacial score (nSPS) is 12.5. The Morgan fingerprint density at radius 2 is 2.05 bits per heavy atom. The van der Waals surface area contributed by atoms with Gasteiger partial charge in [0.25, 0.3) is 0 Å². The van der Waals surface area contributed by atoms with Crippen molar-refractivity contribution in [3.05, 3.63) is 35.1 Å². The molecule has 0 aliphatic rings. The Balaban J connectivity index is 2.57. The maximum absolute atomic E-state index is 13.7. The van der Waals surface area contributed by atoms with Crippen molar-refractivity contribution < 1.29 is 13.9 Å². The fraction of sp³-hybridized carbons (Fsp3) is 0.533. The molecule has 0 spiro atoms. The lowest BCUT2D eigenvalue weighted by Crippen LogP contribution is -2.23. The highest BCUT2D eigenvalue weighted by Gasteiger charge is 2.12. The quantitative estimate of drug-likeness (QED) is 0.805. The summed E-state index contributed by atoms with van der Waals surface area (Å²) in [7, 11) is 1.24. The van der Waals surface area contributed by atoms with Crippen molar-refractivity contribution in [2.45, 2.75) is 27.3 Å². The molecule has 1 aromatic carbocycles. The molecule has 1 aromatic rings. The summed E-state index contributed by atoms with van der Waals surface area (Å²) in [4.78, 5) is 11.2. The van der Waals surface area contributed by atoms with Crippen LogP contribution >= 0.6 is 0 Å². The minimum Gasteiger partial charge on any atom is -0.465 e. The number of carbonyl (C=O) groups is 1. The number of halogens is 1. The molecular weight excluding hydrogens is 245 g/mol. The molecule has 0 bridgehead atoms. The topological polar surface area (TPSA) is 38.3 Å². The molecular formula is C15H22FNO2. The molecule has 106 valence electrons. The highest BCUT2D eigenvalue weighted by atomic mass is 19.1. The van der Waals surface area contributed by atoms with Crippen LogP contribution in [0.25, 0.3) is 0 Å². The Labute approximate surface area is 114 Å². The lowest BCUT2D eigenvalue weighted by molar-refractivity contribution is 0.0595. The molecule has 0 aliphatic heterocycles. The number of esters is 1. The molecule has 1 unspecified atom stereocenters. The van der Waals surface area contributed by atoms with E-state index in [4.69, 9.17) is 0 Å². The average Bonchev–Trinajstić information content (AvgIpc) is 2.37. The van der Waals surface area contributed by atoms with Crippen molar-refractivity contribution in [1.82, 2.24) is 5.32 Å². The van der Waals surface area contributed by atoms with Crippen LogP contribution in [-0.4, -0.2) is 19.6 Å². The number of rotatable bonds is 6. The molecule has 3 nitrogen and oxygen atoms in total. The van der Waals surface area contributed by atoms with Crippen molar-refractivity contribution in [3.8, 4) is 0 Å². The van der Waals surface area contributed by atoms with Gasteiger partial charge in [-0.05, 0) is 36.1 Å². The maximum Gasteiger partial charge on any atom is 0.340 e. The van der Waals surface area contributed by atoms with E-state index >= 15 is 0 Å². The Kier molecular flexibility index (Phi) is 5.96. The summed E-state index contributed by atoms with van der Waals surface area (Å²) in [5.41, 5.74) is 0.794. The van der Waals surface area contributed by atoms with Gasteiger partial charge in [0.2, 0.25) is 0 Å². The van der Waals surface area contributed by atoms with Gasteiger partial charge in [0.05, 0.1) is 12.7 Å². The van der Waals surface area contributed by atoms with Crippen LogP contribution in [-0.2, 0) is 11.3 Å². The summed E-state index contributed by atoms with van der Waals surface area (Å²) in [5, 5.41) is 3.29. The number of carbonyl (C=O) groups excluding carboxylic acids is 1. The van der Waals surface area contributed by atoms with E-state index < -0.39 is 11.8 Å². The van der Waals surface area contributed by atoms with E-state index in [1.54, 1.807) is 6.07 Å². The zero-order valence-electron chi connectivity index (χ0n) is 12.0. The number of methoxy groups -OCH3 is 1. The van der Waals surface area contributed by atoms with Gasteiger partial charge in [0.15, 0.2) is 0 Å². The summed E-state index contributed by atoms with van der Waals surface area (Å²) < 4.78 is 18.2. The van der Waals surface area contributed by atoms with Crippen LogP contribution in [0.15, 0.2) is 18.2 Å². The number of hydrogen-bond donors (Lipinski definition) is 1. The van der Waals surface area contributed by atoms with Gasteiger partial charge >= 0.3 is 5.97 Å². The molecule has 0 aromatic heterocycles. The van der Waals surface area contributed by atoms with Crippen molar-refractivity contribution in [2.24, 2.45) is 11.8 Å². The molecule has 1 atom stereocenters. The van der Waals surface area contributed by atoms with E-state index in [9.17, 15) is 9.18 Å². The Morgan fingerprint density at radius 3 is 2.58 bits per heavy atom. The van der Waals surface area contributed by atoms with E-state index in [0.717, 1.165) is 12.1 Å². The molecule has 0 aliphatic carbocycles. The highest BCUT2D eigenvalue weighted by Crippen LogP contribution is 2.12. The summed E-state index contributed by atoms with van der Waals surface area (Å²) in [6, 6.07) is 4.58. The van der Waals surface area contributed by atoms with Crippen LogP contribution in [0.1, 0.15) is 36.7 Å². The Morgan fingerprint density at radius 1 is 1.37 bits per heavy atom. The third-order valence-electron chi connectivity index (χ3n) is 3.37. The van der Waals surface area contributed by atoms with E-state index in [1.807, 2.05) is 0 Å². The largest absolute Gasteiger partial charge is 0.465 e. The monoisotopic (exact) mass is 267 g/mol. The van der Waals surface area contributed by atoms with Crippen molar-refractivity contribution in [1.29, 1.82) is 0 Å². The smallest absolute Gasteiger partial charge is 0.340 e. The summed E-state index contributed by atoms with van der Waals surface area (Å²) in [5.74, 6) is -0.00127. The van der Waals surface area contributed by atoms with Gasteiger partial charge in [0.1, 0.15) is 5.82 Å². The third-order valence-corrected chi connectivity index (χ3v) is 3.37. The summed E-state index contributed by atoms with van der Waals surface area (Å²) in [6.07, 6.45) is 0. The SMILES string of the molecule is COC(=O)c1ccc(CNCC(C)C(C)C)cc1F. The second kappa shape index (κ2) is 7.24. The van der Waals surface area contributed by atoms with Crippen molar-refractivity contribution in [3.63, 3.8) is 0 Å². The number of benzene rings is 1. The standard InChI is InChI=1S/C15H22FNO2/c1-10(2)11(3)8-17-9-12-5-6-13(14(16)7-12)15(18)19-4/h5-7,10-11,17H,8-9H2,1-4H3. The van der Waals surface area contributed by atoms with Crippen LogP contribution in [0.3, 0.4) is 0 Å². The van der Waals surface area contributed by atoms with Crippen LogP contribution < -0.4 is 5.32 Å². The molecule has 1 N–H and O–H groups in total. The van der Waals surface area contributed by atoms with E-state index in [-0.39, 0.29) is 5.56 Å². The first-order valence-corrected chi connectivity index (χ1v) is 6.53. The molecule has 0 saturated carbocycles. The van der Waals surface area contributed by atoms with Crippen LogP contribution in [0.4, 0.5) is 4.39 Å². The number of nitrogens with one attached hydrogen (secondary N) is 1. The molecule has 0 amide bonds. The van der Waals surface area contributed by atoms with Gasteiger partial charge in [-0.3, -0.25) is 0 Å². The van der Waals surface area contributed by atoms with Crippen molar-refractivity contribution >= 4 is 5.97 Å². The lowest BCUT2D eigenvalue weighted by Gasteiger charge is -2.16. The summed E-state index contributed by atoms with van der Waals surface area (Å²) >= 11 is 0. The van der Waals surface area contributed by atoms with Gasteiger partial charge in [-0.25, -0.2) is 9.18 Å². The summed E-state index contributed by atoms with van der Waals surface area (Å²) in [6.45, 7) is 8.01. The molecule has 0 radical (unpaired) electrons. The number of hydrogen-bond acceptors (Lipinski definition) is 3. The molecule has 4 heteroatoms. The van der Waals surface area contributed by atoms with Gasteiger partial charge in [-0.2, -0.15) is 0 Å². The predicted molar refractivity (Wildman–Crippen MR) is 73.4 cm³/mol. The molecule has 1 rings (SSSR count). The van der Waals surface area contributed by atoms with Gasteiger partial charge < -0.3 is 10.1 Å². The lowest BCUT2D eigenvalue weighted by atomic mass is 9.98. The zero-order chi connectivity index (χ0) is 14.4. The van der Waals surface area contributed by atoms with E-state index in [1.165, 1.54) is 19.2 Å². The highest BCUT2D eigenvalue weighted by molar-refractivity contribution is 5.89. The second-order valence-corrected chi connectivity index (χ2v) is 5.16. The Bertz CT molecular complexity index is 432. The van der Waals surface area contributed by atoms with Crippen LogP contribution in [0, 0.1) is 17.7 Å². The first-order valence-electron chi connectivity index (χ1n) is 6.53. The average molecular weight is 267 g/mol. The fourth-order valence-electron chi connectivity index (χ4n) is 1.62. The minimum absolute atomic E-state index is 0.0261. The van der Waals surface area contributed by atoms with E-state index in [2.05, 4.69) is 30.8 Å². The van der Waals surface area contributed by atoms with E-state index in [0.29, 0.717) is 18.4 Å². The maximum atomic E-state index is 13.7. The molecule has 0 saturated heterocycles.